The second-order valence-electron chi connectivity index (χ2n) is 7.37. The summed E-state index contributed by atoms with van der Waals surface area (Å²) in [7, 11) is 1.58. The summed E-state index contributed by atoms with van der Waals surface area (Å²) in [5.41, 5.74) is 1.66. The second-order valence-corrected chi connectivity index (χ2v) is 8.31. The molecule has 9 nitrogen and oxygen atoms in total. The van der Waals surface area contributed by atoms with E-state index in [1.54, 1.807) is 42.3 Å². The van der Waals surface area contributed by atoms with Gasteiger partial charge in [-0.15, -0.1) is 5.10 Å². The maximum atomic E-state index is 13.2. The van der Waals surface area contributed by atoms with Crippen LogP contribution < -0.4 is 11.1 Å². The molecule has 33 heavy (non-hydrogen) atoms. The smallest absolute Gasteiger partial charge is 0.266 e. The van der Waals surface area contributed by atoms with Crippen molar-refractivity contribution in [3.05, 3.63) is 87.2 Å². The number of aromatic nitrogens is 6. The van der Waals surface area contributed by atoms with Crippen molar-refractivity contribution < 1.29 is 4.74 Å². The fraction of sp³-hybridized carbons (Fsp3) is 0.174. The Balaban J connectivity index is 1.50. The normalized spacial score (nSPS) is 11.4. The Morgan fingerprint density at radius 3 is 2.52 bits per heavy atom. The van der Waals surface area contributed by atoms with Crippen molar-refractivity contribution in [2.75, 3.05) is 13.7 Å². The molecule has 10 heteroatoms. The summed E-state index contributed by atoms with van der Waals surface area (Å²) >= 11 is 1.47. The van der Waals surface area contributed by atoms with Crippen molar-refractivity contribution in [3.63, 3.8) is 0 Å². The summed E-state index contributed by atoms with van der Waals surface area (Å²) < 4.78 is 7.99. The van der Waals surface area contributed by atoms with Crippen LogP contribution in [-0.4, -0.2) is 43.0 Å². The van der Waals surface area contributed by atoms with Gasteiger partial charge in [-0.05, 0) is 23.8 Å². The topological polar surface area (TPSA) is 108 Å². The molecule has 0 saturated heterocycles. The molecule has 0 atom stereocenters. The first-order valence-corrected chi connectivity index (χ1v) is 11.3. The predicted octanol–water partition coefficient (Wildman–Crippen LogP) is 2.76. The number of benzene rings is 1. The van der Waals surface area contributed by atoms with Crippen LogP contribution >= 0.6 is 11.8 Å². The van der Waals surface area contributed by atoms with Crippen molar-refractivity contribution in [3.8, 4) is 5.95 Å². The molecule has 0 amide bonds. The third-order valence-electron chi connectivity index (χ3n) is 5.24. The van der Waals surface area contributed by atoms with E-state index in [0.29, 0.717) is 46.1 Å². The van der Waals surface area contributed by atoms with E-state index in [4.69, 9.17) is 4.74 Å². The van der Waals surface area contributed by atoms with Gasteiger partial charge >= 0.3 is 0 Å². The Hall–Kier alpha value is -3.76. The number of methoxy groups -OCH3 is 1. The number of rotatable bonds is 7. The molecule has 1 aromatic carbocycles. The Morgan fingerprint density at radius 2 is 1.73 bits per heavy atom. The largest absolute Gasteiger partial charge is 0.383 e. The van der Waals surface area contributed by atoms with Crippen LogP contribution in [0, 0.1) is 0 Å². The molecular formula is C23H20N6O3S. The number of hydrogen-bond acceptors (Lipinski definition) is 7. The van der Waals surface area contributed by atoms with Gasteiger partial charge in [-0.2, -0.15) is 4.98 Å². The maximum Gasteiger partial charge on any atom is 0.266 e. The van der Waals surface area contributed by atoms with Gasteiger partial charge in [0.1, 0.15) is 0 Å². The quantitative estimate of drug-likeness (QED) is 0.294. The third-order valence-corrected chi connectivity index (χ3v) is 6.16. The zero-order chi connectivity index (χ0) is 22.8. The molecule has 5 rings (SSSR count). The number of hydrogen-bond donors (Lipinski definition) is 1. The highest BCUT2D eigenvalue weighted by Gasteiger charge is 2.13. The van der Waals surface area contributed by atoms with Gasteiger partial charge in [0.25, 0.3) is 11.1 Å². The summed E-state index contributed by atoms with van der Waals surface area (Å²) in [6.45, 7) is 0.833. The van der Waals surface area contributed by atoms with Crippen molar-refractivity contribution in [2.24, 2.45) is 0 Å². The van der Waals surface area contributed by atoms with Crippen LogP contribution in [0.15, 0.2) is 75.7 Å². The number of thioether (sulfide) groups is 1. The minimum absolute atomic E-state index is 0.215. The number of nitrogens with zero attached hydrogens (tertiary/aromatic N) is 5. The Morgan fingerprint density at radius 1 is 0.970 bits per heavy atom. The van der Waals surface area contributed by atoms with E-state index in [-0.39, 0.29) is 11.1 Å². The number of pyridine rings is 3. The van der Waals surface area contributed by atoms with Crippen molar-refractivity contribution in [2.45, 2.75) is 17.5 Å². The number of nitrogens with one attached hydrogen (secondary N) is 1. The average Bonchev–Trinajstić information content (AvgIpc) is 3.31. The van der Waals surface area contributed by atoms with Crippen LogP contribution in [0.4, 0.5) is 0 Å². The van der Waals surface area contributed by atoms with E-state index in [1.807, 2.05) is 30.3 Å². The van der Waals surface area contributed by atoms with Gasteiger partial charge in [-0.3, -0.25) is 14.2 Å². The third kappa shape index (κ3) is 4.18. The van der Waals surface area contributed by atoms with Crippen LogP contribution in [0.1, 0.15) is 5.56 Å². The molecule has 0 radical (unpaired) electrons. The standard InChI is InChI=1S/C23H20N6O3S/c1-32-12-11-28-9-7-18-16(20(28)30)13-17-19(24-18)8-10-29(21(17)31)22-25-23(27-26-22)33-14-15-5-3-2-4-6-15/h2-10,13H,11-12,14H2,1H3,(H,25,26,27). The molecule has 0 bridgehead atoms. The van der Waals surface area contributed by atoms with Crippen molar-refractivity contribution in [1.29, 1.82) is 0 Å². The Bertz CT molecular complexity index is 1560. The van der Waals surface area contributed by atoms with Gasteiger partial charge in [0.05, 0.1) is 28.4 Å². The second kappa shape index (κ2) is 9.00. The number of H-pyrrole nitrogens is 1. The van der Waals surface area contributed by atoms with E-state index < -0.39 is 0 Å². The van der Waals surface area contributed by atoms with E-state index in [9.17, 15) is 9.59 Å². The molecule has 0 aliphatic rings. The lowest BCUT2D eigenvalue weighted by Crippen LogP contribution is -2.23. The van der Waals surface area contributed by atoms with Gasteiger partial charge < -0.3 is 9.30 Å². The highest BCUT2D eigenvalue weighted by molar-refractivity contribution is 7.98. The first-order chi connectivity index (χ1) is 16.1. The van der Waals surface area contributed by atoms with Gasteiger partial charge in [0, 0.05) is 31.8 Å². The molecule has 0 aliphatic heterocycles. The highest BCUT2D eigenvalue weighted by atomic mass is 32.2. The van der Waals surface area contributed by atoms with Crippen LogP contribution in [0.3, 0.4) is 0 Å². The summed E-state index contributed by atoms with van der Waals surface area (Å²) in [6.07, 6.45) is 3.29. The van der Waals surface area contributed by atoms with Crippen LogP contribution in [0.5, 0.6) is 0 Å². The average molecular weight is 461 g/mol. The molecule has 0 unspecified atom stereocenters. The van der Waals surface area contributed by atoms with E-state index in [1.165, 1.54) is 16.3 Å². The number of fused-ring (bicyclic) bond motifs is 2. The van der Waals surface area contributed by atoms with Crippen molar-refractivity contribution in [1.82, 2.24) is 29.3 Å². The molecular weight excluding hydrogens is 440 g/mol. The lowest BCUT2D eigenvalue weighted by Gasteiger charge is -2.08. The zero-order valence-corrected chi connectivity index (χ0v) is 18.6. The van der Waals surface area contributed by atoms with Crippen molar-refractivity contribution >= 4 is 33.6 Å². The lowest BCUT2D eigenvalue weighted by atomic mass is 10.2. The summed E-state index contributed by atoms with van der Waals surface area (Å²) in [5.74, 6) is 1.03. The Labute approximate surface area is 192 Å². The Kier molecular flexibility index (Phi) is 5.76. The summed E-state index contributed by atoms with van der Waals surface area (Å²) in [4.78, 5) is 35.1. The molecule has 0 aliphatic carbocycles. The van der Waals surface area contributed by atoms with Crippen LogP contribution in [-0.2, 0) is 17.0 Å². The molecule has 0 saturated carbocycles. The minimum atomic E-state index is -0.329. The predicted molar refractivity (Wildman–Crippen MR) is 127 cm³/mol. The van der Waals surface area contributed by atoms with Gasteiger partial charge in [-0.1, -0.05) is 42.1 Å². The molecule has 166 valence electrons. The number of ether oxygens (including phenoxy) is 1. The van der Waals surface area contributed by atoms with E-state index >= 15 is 0 Å². The van der Waals surface area contributed by atoms with Crippen LogP contribution in [0.25, 0.3) is 27.8 Å². The lowest BCUT2D eigenvalue weighted by molar-refractivity contribution is 0.186. The van der Waals surface area contributed by atoms with Gasteiger partial charge in [0.2, 0.25) is 11.1 Å². The first kappa shape index (κ1) is 21.1. The monoisotopic (exact) mass is 460 g/mol. The maximum absolute atomic E-state index is 13.2. The molecule has 1 N–H and O–H groups in total. The first-order valence-electron chi connectivity index (χ1n) is 10.3. The summed E-state index contributed by atoms with van der Waals surface area (Å²) in [6, 6.07) is 15.1. The fourth-order valence-electron chi connectivity index (χ4n) is 3.53. The van der Waals surface area contributed by atoms with E-state index in [2.05, 4.69) is 20.2 Å². The highest BCUT2D eigenvalue weighted by Crippen LogP contribution is 2.20. The number of aromatic amines is 1. The molecule has 4 aromatic heterocycles. The van der Waals surface area contributed by atoms with Crippen LogP contribution in [0.2, 0.25) is 0 Å². The molecule has 0 fully saturated rings. The summed E-state index contributed by atoms with van der Waals surface area (Å²) in [5, 5.41) is 8.30. The van der Waals surface area contributed by atoms with E-state index in [0.717, 1.165) is 11.3 Å². The van der Waals surface area contributed by atoms with Gasteiger partial charge in [-0.25, -0.2) is 10.1 Å². The fourth-order valence-corrected chi connectivity index (χ4v) is 4.28. The van der Waals surface area contributed by atoms with Gasteiger partial charge in [0.15, 0.2) is 0 Å². The molecule has 0 spiro atoms. The SMILES string of the molecule is COCCn1ccc2nc3ccn(-c4nc(SCc5ccccc5)n[nH]4)c(=O)c3cc2c1=O. The molecule has 5 aromatic rings. The minimum Gasteiger partial charge on any atom is -0.383 e. The zero-order valence-electron chi connectivity index (χ0n) is 17.8. The molecule has 4 heterocycles.